The van der Waals surface area contributed by atoms with Gasteiger partial charge in [-0.3, -0.25) is 0 Å². The fourth-order valence-electron chi connectivity index (χ4n) is 1.91. The first-order valence-corrected chi connectivity index (χ1v) is 5.92. The second-order valence-corrected chi connectivity index (χ2v) is 4.83. The minimum atomic E-state index is 0.302. The Hall–Kier alpha value is -0.290. The summed E-state index contributed by atoms with van der Waals surface area (Å²) in [6, 6.07) is 6.75. The van der Waals surface area contributed by atoms with Crippen molar-refractivity contribution in [3.63, 3.8) is 0 Å². The van der Waals surface area contributed by atoms with Gasteiger partial charge in [0.1, 0.15) is 5.75 Å². The summed E-state index contributed by atoms with van der Waals surface area (Å²) in [5.74, 6) is 1.06. The van der Waals surface area contributed by atoms with Crippen molar-refractivity contribution in [1.29, 1.82) is 0 Å². The standard InChI is InChI=1S/C11H14INO/c1-7-6-10(13-2)8-4-3-5-9(12)11(8)14-7/h3-5,7,10,13H,6H2,1-2H3. The summed E-state index contributed by atoms with van der Waals surface area (Å²) in [5.41, 5.74) is 1.29. The van der Waals surface area contributed by atoms with Crippen LogP contribution in [0.5, 0.6) is 5.75 Å². The molecule has 1 aromatic carbocycles. The third-order valence-electron chi connectivity index (χ3n) is 2.61. The van der Waals surface area contributed by atoms with Crippen LogP contribution in [0.4, 0.5) is 0 Å². The lowest BCUT2D eigenvalue weighted by Gasteiger charge is -2.30. The first-order valence-electron chi connectivity index (χ1n) is 4.84. The molecule has 1 heterocycles. The van der Waals surface area contributed by atoms with E-state index in [1.165, 1.54) is 9.13 Å². The first kappa shape index (κ1) is 10.2. The maximum absolute atomic E-state index is 5.85. The van der Waals surface area contributed by atoms with Crippen LogP contribution in [0.1, 0.15) is 24.9 Å². The molecule has 14 heavy (non-hydrogen) atoms. The van der Waals surface area contributed by atoms with Crippen LogP contribution in [0.15, 0.2) is 18.2 Å². The molecule has 1 aliphatic rings. The molecule has 0 spiro atoms. The van der Waals surface area contributed by atoms with Crippen molar-refractivity contribution in [3.8, 4) is 5.75 Å². The van der Waals surface area contributed by atoms with Gasteiger partial charge in [0.05, 0.1) is 9.67 Å². The van der Waals surface area contributed by atoms with Gasteiger partial charge >= 0.3 is 0 Å². The molecular weight excluding hydrogens is 289 g/mol. The van der Waals surface area contributed by atoms with Gasteiger partial charge in [-0.15, -0.1) is 0 Å². The summed E-state index contributed by atoms with van der Waals surface area (Å²) in [5, 5.41) is 3.33. The number of ether oxygens (including phenoxy) is 1. The van der Waals surface area contributed by atoms with Crippen LogP contribution in [0, 0.1) is 3.57 Å². The molecule has 1 aromatic rings. The molecule has 2 nitrogen and oxygen atoms in total. The number of fused-ring (bicyclic) bond motifs is 1. The molecule has 3 heteroatoms. The smallest absolute Gasteiger partial charge is 0.137 e. The summed E-state index contributed by atoms with van der Waals surface area (Å²) in [4.78, 5) is 0. The highest BCUT2D eigenvalue weighted by molar-refractivity contribution is 14.1. The summed E-state index contributed by atoms with van der Waals surface area (Å²) < 4.78 is 7.05. The van der Waals surface area contributed by atoms with Crippen LogP contribution in [0.2, 0.25) is 0 Å². The Morgan fingerprint density at radius 2 is 2.29 bits per heavy atom. The highest BCUT2D eigenvalue weighted by Gasteiger charge is 2.25. The fraction of sp³-hybridized carbons (Fsp3) is 0.455. The summed E-state index contributed by atoms with van der Waals surface area (Å²) >= 11 is 2.33. The molecule has 0 amide bonds. The van der Waals surface area contributed by atoms with Crippen molar-refractivity contribution in [1.82, 2.24) is 5.32 Å². The van der Waals surface area contributed by atoms with Crippen molar-refractivity contribution in [2.75, 3.05) is 7.05 Å². The van der Waals surface area contributed by atoms with Crippen molar-refractivity contribution in [2.45, 2.75) is 25.5 Å². The number of hydrogen-bond donors (Lipinski definition) is 1. The summed E-state index contributed by atoms with van der Waals surface area (Å²) in [6.07, 6.45) is 1.35. The molecule has 0 saturated carbocycles. The van der Waals surface area contributed by atoms with E-state index in [9.17, 15) is 0 Å². The number of hydrogen-bond acceptors (Lipinski definition) is 2. The Kier molecular flexibility index (Phi) is 2.97. The third-order valence-corrected chi connectivity index (χ3v) is 3.46. The molecule has 0 bridgehead atoms. The Labute approximate surface area is 98.2 Å². The summed E-state index contributed by atoms with van der Waals surface area (Å²) in [6.45, 7) is 2.12. The van der Waals surface area contributed by atoms with Crippen LogP contribution in [0.3, 0.4) is 0 Å². The van der Waals surface area contributed by atoms with Crippen LogP contribution in [-0.4, -0.2) is 13.2 Å². The van der Waals surface area contributed by atoms with Gasteiger partial charge in [0, 0.05) is 18.0 Å². The van der Waals surface area contributed by atoms with Gasteiger partial charge in [-0.05, 0) is 42.6 Å². The topological polar surface area (TPSA) is 21.3 Å². The first-order chi connectivity index (χ1) is 6.72. The van der Waals surface area contributed by atoms with Crippen LogP contribution in [-0.2, 0) is 0 Å². The van der Waals surface area contributed by atoms with Crippen molar-refractivity contribution in [2.24, 2.45) is 0 Å². The molecule has 0 aromatic heterocycles. The van der Waals surface area contributed by atoms with Crippen molar-refractivity contribution >= 4 is 22.6 Å². The van der Waals surface area contributed by atoms with E-state index in [0.29, 0.717) is 12.1 Å². The van der Waals surface area contributed by atoms with Gasteiger partial charge in [-0.1, -0.05) is 12.1 Å². The lowest BCUT2D eigenvalue weighted by Crippen LogP contribution is -2.29. The van der Waals surface area contributed by atoms with E-state index in [2.05, 4.69) is 53.0 Å². The second-order valence-electron chi connectivity index (χ2n) is 3.66. The maximum Gasteiger partial charge on any atom is 0.137 e. The van der Waals surface area contributed by atoms with Crippen LogP contribution in [0.25, 0.3) is 0 Å². The zero-order valence-electron chi connectivity index (χ0n) is 8.38. The van der Waals surface area contributed by atoms with Gasteiger partial charge in [0.25, 0.3) is 0 Å². The minimum Gasteiger partial charge on any atom is -0.489 e. The minimum absolute atomic E-state index is 0.302. The second kappa shape index (κ2) is 4.06. The molecule has 2 unspecified atom stereocenters. The monoisotopic (exact) mass is 303 g/mol. The molecule has 76 valence electrons. The van der Waals surface area contributed by atoms with E-state index >= 15 is 0 Å². The van der Waals surface area contributed by atoms with E-state index < -0.39 is 0 Å². The number of halogens is 1. The van der Waals surface area contributed by atoms with E-state index in [0.717, 1.165) is 12.2 Å². The molecule has 2 rings (SSSR count). The zero-order chi connectivity index (χ0) is 10.1. The predicted octanol–water partition coefficient (Wildman–Crippen LogP) is 2.72. The molecular formula is C11H14INO. The van der Waals surface area contributed by atoms with E-state index in [1.807, 2.05) is 7.05 Å². The fourth-order valence-corrected chi connectivity index (χ4v) is 2.55. The van der Waals surface area contributed by atoms with Gasteiger partial charge in [0.15, 0.2) is 0 Å². The SMILES string of the molecule is CNC1CC(C)Oc2c(I)cccc21. The third kappa shape index (κ3) is 1.75. The van der Waals surface area contributed by atoms with E-state index in [4.69, 9.17) is 4.74 Å². The van der Waals surface area contributed by atoms with Crippen LogP contribution < -0.4 is 10.1 Å². The highest BCUT2D eigenvalue weighted by atomic mass is 127. The number of benzene rings is 1. The Bertz CT molecular complexity index is 340. The van der Waals surface area contributed by atoms with Crippen molar-refractivity contribution in [3.05, 3.63) is 27.3 Å². The Morgan fingerprint density at radius 3 is 3.00 bits per heavy atom. The average Bonchev–Trinajstić information content (AvgIpc) is 2.18. The number of para-hydroxylation sites is 1. The van der Waals surface area contributed by atoms with Gasteiger partial charge in [-0.2, -0.15) is 0 Å². The van der Waals surface area contributed by atoms with Gasteiger partial charge < -0.3 is 10.1 Å². The molecule has 1 N–H and O–H groups in total. The molecule has 0 aliphatic carbocycles. The van der Waals surface area contributed by atoms with Crippen LogP contribution >= 0.6 is 22.6 Å². The average molecular weight is 303 g/mol. The molecule has 1 aliphatic heterocycles. The molecule has 2 atom stereocenters. The largest absolute Gasteiger partial charge is 0.489 e. The lowest BCUT2D eigenvalue weighted by molar-refractivity contribution is 0.167. The highest BCUT2D eigenvalue weighted by Crippen LogP contribution is 2.37. The normalized spacial score (nSPS) is 25.4. The van der Waals surface area contributed by atoms with E-state index in [1.54, 1.807) is 0 Å². The maximum atomic E-state index is 5.85. The predicted molar refractivity (Wildman–Crippen MR) is 65.7 cm³/mol. The molecule has 0 saturated heterocycles. The molecule has 0 radical (unpaired) electrons. The Morgan fingerprint density at radius 1 is 1.50 bits per heavy atom. The zero-order valence-corrected chi connectivity index (χ0v) is 10.5. The molecule has 0 fully saturated rings. The number of nitrogens with one attached hydrogen (secondary N) is 1. The van der Waals surface area contributed by atoms with Gasteiger partial charge in [0.2, 0.25) is 0 Å². The Balaban J connectivity index is 2.45. The quantitative estimate of drug-likeness (QED) is 0.806. The van der Waals surface area contributed by atoms with Crippen molar-refractivity contribution < 1.29 is 4.74 Å². The lowest BCUT2D eigenvalue weighted by atomic mass is 9.97. The van der Waals surface area contributed by atoms with E-state index in [-0.39, 0.29) is 0 Å². The van der Waals surface area contributed by atoms with Gasteiger partial charge in [-0.25, -0.2) is 0 Å². The summed E-state index contributed by atoms with van der Waals surface area (Å²) in [7, 11) is 2.01. The number of rotatable bonds is 1.